The van der Waals surface area contributed by atoms with Crippen LogP contribution in [0.3, 0.4) is 0 Å². The first-order chi connectivity index (χ1) is 7.84. The lowest BCUT2D eigenvalue weighted by molar-refractivity contribution is 0.0921. The fourth-order valence-corrected chi connectivity index (χ4v) is 1.61. The zero-order chi connectivity index (χ0) is 13.2. The van der Waals surface area contributed by atoms with Gasteiger partial charge in [0.1, 0.15) is 5.54 Å². The summed E-state index contributed by atoms with van der Waals surface area (Å²) in [6.45, 7) is 7.21. The third-order valence-electron chi connectivity index (χ3n) is 3.08. The summed E-state index contributed by atoms with van der Waals surface area (Å²) in [5.41, 5.74) is 1.21. The van der Waals surface area contributed by atoms with Gasteiger partial charge in [0.05, 0.1) is 17.3 Å². The maximum atomic E-state index is 12.1. The Morgan fingerprint density at radius 1 is 1.59 bits per heavy atom. The lowest BCUT2D eigenvalue weighted by Crippen LogP contribution is -2.44. The standard InChI is InChI=1S/C12H18N4O/c1-6-12(4,7-13)14-11(17)10-8(2)15-16(5)9(10)3/h6H2,1-5H3,(H,14,17). The molecule has 17 heavy (non-hydrogen) atoms. The lowest BCUT2D eigenvalue weighted by Gasteiger charge is -2.21. The van der Waals surface area contributed by atoms with Crippen molar-refractivity contribution in [1.82, 2.24) is 15.1 Å². The molecule has 1 amide bonds. The minimum atomic E-state index is -0.828. The van der Waals surface area contributed by atoms with Gasteiger partial charge in [-0.05, 0) is 27.2 Å². The highest BCUT2D eigenvalue weighted by molar-refractivity contribution is 5.97. The summed E-state index contributed by atoms with van der Waals surface area (Å²) in [6, 6.07) is 2.12. The van der Waals surface area contributed by atoms with Crippen LogP contribution >= 0.6 is 0 Å². The van der Waals surface area contributed by atoms with Gasteiger partial charge >= 0.3 is 0 Å². The zero-order valence-corrected chi connectivity index (χ0v) is 11.0. The van der Waals surface area contributed by atoms with Gasteiger partial charge in [0, 0.05) is 12.7 Å². The van der Waals surface area contributed by atoms with E-state index in [-0.39, 0.29) is 5.91 Å². The molecular formula is C12H18N4O. The van der Waals surface area contributed by atoms with E-state index in [0.29, 0.717) is 17.7 Å². The highest BCUT2D eigenvalue weighted by Crippen LogP contribution is 2.14. The summed E-state index contributed by atoms with van der Waals surface area (Å²) in [5.74, 6) is -0.237. The molecule has 1 heterocycles. The average molecular weight is 234 g/mol. The third-order valence-corrected chi connectivity index (χ3v) is 3.08. The summed E-state index contributed by atoms with van der Waals surface area (Å²) in [5, 5.41) is 16.0. The Kier molecular flexibility index (Phi) is 3.56. The van der Waals surface area contributed by atoms with E-state index >= 15 is 0 Å². The van der Waals surface area contributed by atoms with E-state index in [1.165, 1.54) is 0 Å². The molecule has 1 unspecified atom stereocenters. The molecular weight excluding hydrogens is 216 g/mol. The number of nitrogens with one attached hydrogen (secondary N) is 1. The van der Waals surface area contributed by atoms with Gasteiger partial charge < -0.3 is 5.32 Å². The van der Waals surface area contributed by atoms with Crippen LogP contribution in [0.2, 0.25) is 0 Å². The van der Waals surface area contributed by atoms with Gasteiger partial charge in [-0.2, -0.15) is 10.4 Å². The highest BCUT2D eigenvalue weighted by atomic mass is 16.1. The molecule has 1 atom stereocenters. The normalized spacial score (nSPS) is 13.9. The van der Waals surface area contributed by atoms with E-state index < -0.39 is 5.54 Å². The average Bonchev–Trinajstić information content (AvgIpc) is 2.53. The van der Waals surface area contributed by atoms with Crippen LogP contribution in [0.5, 0.6) is 0 Å². The van der Waals surface area contributed by atoms with Crippen molar-refractivity contribution < 1.29 is 4.79 Å². The van der Waals surface area contributed by atoms with Gasteiger partial charge in [-0.15, -0.1) is 0 Å². The Morgan fingerprint density at radius 3 is 2.53 bits per heavy atom. The minimum Gasteiger partial charge on any atom is -0.334 e. The van der Waals surface area contributed by atoms with E-state index in [0.717, 1.165) is 5.69 Å². The Hall–Kier alpha value is -1.83. The van der Waals surface area contributed by atoms with Crippen molar-refractivity contribution in [3.63, 3.8) is 0 Å². The maximum absolute atomic E-state index is 12.1. The number of aromatic nitrogens is 2. The van der Waals surface area contributed by atoms with Crippen molar-refractivity contribution in [2.75, 3.05) is 0 Å². The number of amides is 1. The number of nitriles is 1. The number of carbonyl (C=O) groups is 1. The van der Waals surface area contributed by atoms with E-state index in [4.69, 9.17) is 5.26 Å². The number of hydrogen-bond donors (Lipinski definition) is 1. The fraction of sp³-hybridized carbons (Fsp3) is 0.583. The van der Waals surface area contributed by atoms with Gasteiger partial charge in [-0.1, -0.05) is 6.92 Å². The van der Waals surface area contributed by atoms with Gasteiger partial charge in [0.2, 0.25) is 0 Å². The molecule has 0 radical (unpaired) electrons. The molecule has 0 saturated heterocycles. The smallest absolute Gasteiger partial charge is 0.256 e. The maximum Gasteiger partial charge on any atom is 0.256 e. The summed E-state index contributed by atoms with van der Waals surface area (Å²) >= 11 is 0. The van der Waals surface area contributed by atoms with Gasteiger partial charge in [-0.25, -0.2) is 0 Å². The number of aryl methyl sites for hydroxylation is 2. The molecule has 5 nitrogen and oxygen atoms in total. The predicted molar refractivity (Wildman–Crippen MR) is 64.5 cm³/mol. The summed E-state index contributed by atoms with van der Waals surface area (Å²) in [4.78, 5) is 12.1. The summed E-state index contributed by atoms with van der Waals surface area (Å²) in [6.07, 6.45) is 0.563. The highest BCUT2D eigenvalue weighted by Gasteiger charge is 2.27. The summed E-state index contributed by atoms with van der Waals surface area (Å²) in [7, 11) is 1.79. The first-order valence-corrected chi connectivity index (χ1v) is 5.58. The van der Waals surface area contributed by atoms with Crippen molar-refractivity contribution in [1.29, 1.82) is 5.26 Å². The van der Waals surface area contributed by atoms with Crippen molar-refractivity contribution in [2.45, 2.75) is 39.7 Å². The lowest BCUT2D eigenvalue weighted by atomic mass is 10.0. The summed E-state index contributed by atoms with van der Waals surface area (Å²) < 4.78 is 1.67. The van der Waals surface area contributed by atoms with E-state index in [9.17, 15) is 4.79 Å². The van der Waals surface area contributed by atoms with Crippen molar-refractivity contribution >= 4 is 5.91 Å². The molecule has 0 spiro atoms. The Labute approximate surface area is 101 Å². The Morgan fingerprint density at radius 2 is 2.18 bits per heavy atom. The van der Waals surface area contributed by atoms with Gasteiger partial charge in [0.15, 0.2) is 0 Å². The molecule has 0 fully saturated rings. The zero-order valence-electron chi connectivity index (χ0n) is 11.0. The molecule has 1 aromatic rings. The second-order valence-electron chi connectivity index (χ2n) is 4.42. The Bertz CT molecular complexity index is 483. The molecule has 0 aliphatic carbocycles. The second-order valence-corrected chi connectivity index (χ2v) is 4.42. The van der Waals surface area contributed by atoms with Crippen molar-refractivity contribution in [3.05, 3.63) is 17.0 Å². The number of carbonyl (C=O) groups excluding carboxylic acids is 1. The molecule has 1 aromatic heterocycles. The van der Waals surface area contributed by atoms with Crippen LogP contribution in [0.1, 0.15) is 42.0 Å². The third kappa shape index (κ3) is 2.47. The molecule has 0 aliphatic heterocycles. The van der Waals surface area contributed by atoms with Crippen molar-refractivity contribution in [3.8, 4) is 6.07 Å². The largest absolute Gasteiger partial charge is 0.334 e. The molecule has 0 bridgehead atoms. The van der Waals surface area contributed by atoms with E-state index in [1.807, 2.05) is 13.8 Å². The first-order valence-electron chi connectivity index (χ1n) is 5.58. The molecule has 92 valence electrons. The fourth-order valence-electron chi connectivity index (χ4n) is 1.61. The first kappa shape index (κ1) is 13.2. The molecule has 1 rings (SSSR count). The van der Waals surface area contributed by atoms with Crippen LogP contribution in [0, 0.1) is 25.2 Å². The molecule has 0 aromatic carbocycles. The van der Waals surface area contributed by atoms with Crippen LogP contribution in [0.15, 0.2) is 0 Å². The van der Waals surface area contributed by atoms with E-state index in [1.54, 1.807) is 25.6 Å². The molecule has 1 N–H and O–H groups in total. The van der Waals surface area contributed by atoms with E-state index in [2.05, 4.69) is 16.5 Å². The molecule has 5 heteroatoms. The van der Waals surface area contributed by atoms with Crippen LogP contribution < -0.4 is 5.32 Å². The Balaban J connectivity index is 3.03. The quantitative estimate of drug-likeness (QED) is 0.860. The topological polar surface area (TPSA) is 70.7 Å². The van der Waals surface area contributed by atoms with Crippen molar-refractivity contribution in [2.24, 2.45) is 7.05 Å². The predicted octanol–water partition coefficient (Wildman–Crippen LogP) is 1.46. The van der Waals surface area contributed by atoms with Gasteiger partial charge in [-0.3, -0.25) is 9.48 Å². The molecule has 0 saturated carbocycles. The molecule has 0 aliphatic rings. The number of nitrogens with zero attached hydrogens (tertiary/aromatic N) is 3. The monoisotopic (exact) mass is 234 g/mol. The second kappa shape index (κ2) is 4.58. The van der Waals surface area contributed by atoms with Gasteiger partial charge in [0.25, 0.3) is 5.91 Å². The minimum absolute atomic E-state index is 0.237. The number of hydrogen-bond acceptors (Lipinski definition) is 3. The van der Waals surface area contributed by atoms with Crippen LogP contribution in [-0.4, -0.2) is 21.2 Å². The van der Waals surface area contributed by atoms with Crippen LogP contribution in [-0.2, 0) is 7.05 Å². The van der Waals surface area contributed by atoms with Crippen LogP contribution in [0.4, 0.5) is 0 Å². The SMILES string of the molecule is CCC(C)(C#N)NC(=O)c1c(C)nn(C)c1C. The number of rotatable bonds is 3. The van der Waals surface area contributed by atoms with Crippen LogP contribution in [0.25, 0.3) is 0 Å².